The quantitative estimate of drug-likeness (QED) is 0.0126. The first-order chi connectivity index (χ1) is 53.0. The Balaban J connectivity index is -0.000000232. The Bertz CT molecular complexity index is 2350. The second-order valence-corrected chi connectivity index (χ2v) is 38.1. The third-order valence-corrected chi connectivity index (χ3v) is 28.1. The maximum Gasteiger partial charge on any atom is 0.323 e. The van der Waals surface area contributed by atoms with E-state index in [0.717, 1.165) is 0 Å². The highest BCUT2D eigenvalue weighted by atomic mass is 33.1. The van der Waals surface area contributed by atoms with Crippen LogP contribution in [0.3, 0.4) is 0 Å². The van der Waals surface area contributed by atoms with Gasteiger partial charge in [-0.3, -0.25) is 67.1 Å². The zero-order valence-electron chi connectivity index (χ0n) is 63.9. The Kier molecular flexibility index (Phi) is 90.0. The van der Waals surface area contributed by atoms with Gasteiger partial charge < -0.3 is 148 Å². The lowest BCUT2D eigenvalue weighted by Gasteiger charge is -2.11. The van der Waals surface area contributed by atoms with Crippen molar-refractivity contribution in [3.63, 3.8) is 0 Å². The maximum atomic E-state index is 11.2. The number of carboxylic acid groups (broad SMARTS) is 4. The molecule has 0 rings (SSSR count). The normalized spacial score (nSPS) is 14.1. The first kappa shape index (κ1) is 123. The van der Waals surface area contributed by atoms with Crippen LogP contribution in [0, 0.1) is 0 Å². The van der Waals surface area contributed by atoms with Crippen molar-refractivity contribution in [2.24, 2.45) is 80.3 Å². The average Bonchev–Trinajstić information content (AvgIpc) is 0.971. The molecule has 42 nitrogen and oxygen atoms in total. The molecule has 0 aromatic rings. The monoisotopic (exact) mass is 1890 g/mol. The largest absolute Gasteiger partial charge is 0.480 e. The van der Waals surface area contributed by atoms with E-state index >= 15 is 0 Å². The Hall–Kier alpha value is -3.08. The van der Waals surface area contributed by atoms with Crippen LogP contribution in [-0.2, 0) is 114 Å². The molecule has 0 saturated carbocycles. The van der Waals surface area contributed by atoms with Gasteiger partial charge in [-0.25, -0.2) is 0 Å². The van der Waals surface area contributed by atoms with E-state index in [1.165, 1.54) is 187 Å². The second kappa shape index (κ2) is 82.6. The number of carboxylic acids is 4. The molecule has 0 aliphatic carbocycles. The summed E-state index contributed by atoms with van der Waals surface area (Å²) in [6, 6.07) is -10.2. The molecule has 0 aromatic carbocycles. The van der Waals surface area contributed by atoms with Gasteiger partial charge in [-0.2, -0.15) is 0 Å². The fourth-order valence-corrected chi connectivity index (χ4v) is 20.2. The molecule has 0 unspecified atom stereocenters. The summed E-state index contributed by atoms with van der Waals surface area (Å²) in [5.74, 6) is -3.59. The molecule has 0 aromatic heterocycles. The van der Waals surface area contributed by atoms with E-state index in [2.05, 4.69) is 23.7 Å². The number of rotatable bonds is 54. The summed E-state index contributed by atoms with van der Waals surface area (Å²) in [6.45, 7) is 10.2. The molecular weight excluding hydrogens is 1780 g/mol. The number of methoxy groups -OCH3 is 5. The summed E-state index contributed by atoms with van der Waals surface area (Å²) >= 11 is 0. The Labute approximate surface area is 712 Å². The summed E-state index contributed by atoms with van der Waals surface area (Å²) < 4.78 is 46.0. The lowest BCUT2D eigenvalue weighted by molar-refractivity contribution is -0.144. The van der Waals surface area contributed by atoms with Crippen LogP contribution in [-0.4, -0.2) is 338 Å². The van der Waals surface area contributed by atoms with Gasteiger partial charge in [0, 0.05) is 80.5 Å². The summed E-state index contributed by atoms with van der Waals surface area (Å²) in [5, 5.41) is 33.9. The van der Waals surface area contributed by atoms with Crippen LogP contribution in [0.4, 0.5) is 0 Å². The van der Waals surface area contributed by atoms with E-state index < -0.39 is 168 Å². The van der Waals surface area contributed by atoms with Gasteiger partial charge in [0.25, 0.3) is 0 Å². The lowest BCUT2D eigenvalue weighted by atomic mass is 10.4. The van der Waals surface area contributed by atoms with Crippen molar-refractivity contribution < 1.29 is 135 Å². The third-order valence-electron chi connectivity index (χ3n) is 10.8. The Morgan fingerprint density at radius 1 is 0.195 bits per heavy atom. The van der Waals surface area contributed by atoms with Crippen LogP contribution in [0.2, 0.25) is 0 Å². The summed E-state index contributed by atoms with van der Waals surface area (Å²) in [5.41, 5.74) is 76.3. The van der Waals surface area contributed by atoms with Crippen molar-refractivity contribution in [2.45, 2.75) is 119 Å². The van der Waals surface area contributed by atoms with Crippen molar-refractivity contribution in [2.75, 3.05) is 149 Å². The summed E-state index contributed by atoms with van der Waals surface area (Å²) in [7, 11) is 24.9. The maximum absolute atomic E-state index is 11.2. The lowest BCUT2D eigenvalue weighted by Crippen LogP contribution is -2.35. The number of nitrogens with two attached hydrogens (primary N) is 14. The molecule has 0 aliphatic rings. The van der Waals surface area contributed by atoms with Crippen molar-refractivity contribution in [1.82, 2.24) is 0 Å². The minimum atomic E-state index is -1.04. The topological polar surface area (TPSA) is 776 Å². The van der Waals surface area contributed by atoms with Gasteiger partial charge in [0.05, 0.1) is 68.6 Å². The van der Waals surface area contributed by atoms with Gasteiger partial charge in [0.2, 0.25) is 0 Å². The van der Waals surface area contributed by atoms with Gasteiger partial charge in [0.1, 0.15) is 84.6 Å². The van der Waals surface area contributed by atoms with E-state index in [4.69, 9.17) is 124 Å². The van der Waals surface area contributed by atoms with E-state index in [1.807, 2.05) is 0 Å². The van der Waals surface area contributed by atoms with Gasteiger partial charge in [-0.15, -0.1) is 0 Å². The van der Waals surface area contributed by atoms with E-state index in [-0.39, 0.29) is 23.0 Å². The van der Waals surface area contributed by atoms with Crippen LogP contribution < -0.4 is 80.3 Å². The zero-order valence-corrected chi connectivity index (χ0v) is 75.3. The number of hydrogen-bond acceptors (Lipinski definition) is 52. The summed E-state index contributed by atoms with van der Waals surface area (Å²) in [4.78, 5) is 152. The molecule has 664 valence electrons. The Morgan fingerprint density at radius 2 is 0.283 bits per heavy atom. The number of ether oxygens (including phenoxy) is 10. The first-order valence-electron chi connectivity index (χ1n) is 32.4. The molecule has 14 atom stereocenters. The fraction of sp³-hybridized carbons (Fsp3) is 0.754. The standard InChI is InChI=1S/2C10H20N2O4S2.C9H18N2O4S2.4C7H14N2O4S2/c2*1-3-15-9(13)7(11)5-17-18-6-8(12)10(14)16-4-2;1-3-15-9(13)7(11)5-17-16-4-6(10)8(12)14-2;4*1-13-7(12)5(9)3-15-14-2-4(8)6(10)11/h2*7-8H,3-6,11-12H2,1-2H3;6-7H,3-5,10-11H2,1-2H3;4*4-5H,2-3,8-9H2,1H3,(H,10,11)/t2*7-,8-;6-,7+;2*4-,5+;2*4-,5-/m1001010/s1. The van der Waals surface area contributed by atoms with Crippen LogP contribution in [0.15, 0.2) is 0 Å². The predicted molar refractivity (Wildman–Crippen MR) is 460 cm³/mol. The molecule has 0 saturated heterocycles. The molecule has 0 heterocycles. The highest BCUT2D eigenvalue weighted by Gasteiger charge is 2.24. The molecule has 32 N–H and O–H groups in total. The van der Waals surface area contributed by atoms with Gasteiger partial charge in [0.15, 0.2) is 0 Å². The molecule has 0 spiro atoms. The minimum Gasteiger partial charge on any atom is -0.480 e. The number of hydrogen-bond donors (Lipinski definition) is 18. The SMILES string of the molecule is CCOC(=O)[C@@H](N)CSSC[C@H](N)C(=O)OCC.CCOC(=O)[C@H](N)CSSC[C@@H](N)C(=O)OCC.CCOC(=O)[C@H](N)CSSC[C@H](N)C(=O)OC.COC(=O)[C@@H](N)CSSC[C@@H](N)C(=O)O.COC(=O)[C@@H](N)CSSC[C@H](N)C(=O)O.COC(=O)[C@H](N)CSSC[C@@H](N)C(=O)O.COC(=O)[C@H](N)CSSC[C@H](N)C(=O)O. The summed E-state index contributed by atoms with van der Waals surface area (Å²) in [6.07, 6.45) is 0. The number of carbonyl (C=O) groups is 14. The molecular formula is C57H114N14O28S14. The van der Waals surface area contributed by atoms with Crippen molar-refractivity contribution >= 4 is 235 Å². The highest BCUT2D eigenvalue weighted by molar-refractivity contribution is 8.78. The van der Waals surface area contributed by atoms with Crippen LogP contribution >= 0.6 is 151 Å². The minimum absolute atomic E-state index is 0.272. The fourth-order valence-electron chi connectivity index (χ4n) is 4.67. The van der Waals surface area contributed by atoms with E-state index in [1.54, 1.807) is 34.6 Å². The molecule has 0 radical (unpaired) electrons. The molecule has 0 bridgehead atoms. The number of aliphatic carboxylic acids is 4. The van der Waals surface area contributed by atoms with Gasteiger partial charge in [-0.1, -0.05) is 151 Å². The number of carbonyl (C=O) groups excluding carboxylic acids is 10. The molecule has 0 fully saturated rings. The smallest absolute Gasteiger partial charge is 0.323 e. The molecule has 0 amide bonds. The Morgan fingerprint density at radius 3 is 0.363 bits per heavy atom. The zero-order chi connectivity index (χ0) is 88.6. The van der Waals surface area contributed by atoms with Gasteiger partial charge in [-0.05, 0) is 34.6 Å². The first-order valence-corrected chi connectivity index (χ1v) is 49.9. The van der Waals surface area contributed by atoms with E-state index in [9.17, 15) is 67.1 Å². The number of esters is 10. The second-order valence-electron chi connectivity index (χ2n) is 20.2. The van der Waals surface area contributed by atoms with E-state index in [0.29, 0.717) is 90.6 Å². The van der Waals surface area contributed by atoms with Crippen molar-refractivity contribution in [1.29, 1.82) is 0 Å². The predicted octanol–water partition coefficient (Wildman–Crippen LogP) is -2.82. The van der Waals surface area contributed by atoms with Crippen LogP contribution in [0.1, 0.15) is 34.6 Å². The van der Waals surface area contributed by atoms with Crippen molar-refractivity contribution in [3.05, 3.63) is 0 Å². The third kappa shape index (κ3) is 77.3. The highest BCUT2D eigenvalue weighted by Crippen LogP contribution is 2.27. The molecule has 56 heteroatoms. The van der Waals surface area contributed by atoms with Gasteiger partial charge >= 0.3 is 83.6 Å². The van der Waals surface area contributed by atoms with Crippen LogP contribution in [0.25, 0.3) is 0 Å². The molecule has 0 aliphatic heterocycles. The average molecular weight is 1890 g/mol. The van der Waals surface area contributed by atoms with Crippen LogP contribution in [0.5, 0.6) is 0 Å². The molecule has 113 heavy (non-hydrogen) atoms. The van der Waals surface area contributed by atoms with Crippen molar-refractivity contribution in [3.8, 4) is 0 Å².